The number of nitrogens with one attached hydrogen (secondary N) is 1. The van der Waals surface area contributed by atoms with Crippen molar-refractivity contribution in [2.24, 2.45) is 0 Å². The monoisotopic (exact) mass is 455 g/mol. The van der Waals surface area contributed by atoms with Gasteiger partial charge >= 0.3 is 57.4 Å². The van der Waals surface area contributed by atoms with Gasteiger partial charge in [0.1, 0.15) is 28.6 Å². The van der Waals surface area contributed by atoms with Crippen LogP contribution in [0.1, 0.15) is 43.4 Å². The van der Waals surface area contributed by atoms with Crippen LogP contribution in [0.3, 0.4) is 0 Å². The summed E-state index contributed by atoms with van der Waals surface area (Å²) in [6.07, 6.45) is 3.80. The Balaban J connectivity index is 0.00000256. The van der Waals surface area contributed by atoms with Gasteiger partial charge in [-0.15, -0.1) is 0 Å². The molecular formula is C21H23FKN3O5. The molecule has 0 saturated heterocycles. The third kappa shape index (κ3) is 5.83. The summed E-state index contributed by atoms with van der Waals surface area (Å²) in [6.45, 7) is 4.30. The number of rotatable bonds is 8. The maximum Gasteiger partial charge on any atom is 1.00 e. The fourth-order valence-electron chi connectivity index (χ4n) is 3.21. The molecule has 0 saturated carbocycles. The van der Waals surface area contributed by atoms with Crippen molar-refractivity contribution in [1.29, 1.82) is 0 Å². The number of hydrogen-bond acceptors (Lipinski definition) is 5. The number of carboxylic acid groups (broad SMARTS) is 1. The van der Waals surface area contributed by atoms with Crippen LogP contribution in [0, 0.1) is 5.82 Å². The Morgan fingerprint density at radius 2 is 2.03 bits per heavy atom. The van der Waals surface area contributed by atoms with Gasteiger partial charge in [-0.1, -0.05) is 12.1 Å². The number of nitrogens with zero attached hydrogens (tertiary/aromatic N) is 2. The standard InChI is InChI=1S/C21H22FN3O5.K.H/c1-3-13-18(30-24-20(13)14-6-5-12(26)9-16(14)22)7-8-19(27)23-17-11-25(4-2)10-15(17)21(28)29;;/h5-6,9-11,26H,3-4,7-8H2,1-2H3,(H,23,27)(H,28,29);;/q;+1;-1. The zero-order chi connectivity index (χ0) is 21.8. The molecule has 0 atom stereocenters. The number of hydrogen-bond donors (Lipinski definition) is 3. The van der Waals surface area contributed by atoms with Gasteiger partial charge in [0.05, 0.1) is 5.69 Å². The second-order valence-electron chi connectivity index (χ2n) is 6.72. The molecule has 31 heavy (non-hydrogen) atoms. The van der Waals surface area contributed by atoms with Crippen LogP contribution in [0.5, 0.6) is 5.75 Å². The van der Waals surface area contributed by atoms with Crippen molar-refractivity contribution in [2.75, 3.05) is 5.32 Å². The average Bonchev–Trinajstić information content (AvgIpc) is 3.30. The van der Waals surface area contributed by atoms with Crippen molar-refractivity contribution in [2.45, 2.75) is 39.7 Å². The molecule has 0 fully saturated rings. The van der Waals surface area contributed by atoms with E-state index < -0.39 is 11.8 Å². The van der Waals surface area contributed by atoms with Gasteiger partial charge in [0.25, 0.3) is 0 Å². The number of phenolic OH excluding ortho intramolecular Hbond substituents is 1. The molecule has 0 unspecified atom stereocenters. The zero-order valence-corrected chi connectivity index (χ0v) is 20.7. The van der Waals surface area contributed by atoms with Crippen LogP contribution in [0.25, 0.3) is 11.3 Å². The number of halogens is 1. The van der Waals surface area contributed by atoms with Crippen LogP contribution in [-0.2, 0) is 24.2 Å². The smallest absolute Gasteiger partial charge is 1.00 e. The zero-order valence-electron chi connectivity index (χ0n) is 18.6. The normalized spacial score (nSPS) is 10.5. The predicted octanol–water partition coefficient (Wildman–Crippen LogP) is 0.956. The van der Waals surface area contributed by atoms with Crippen LogP contribution in [0.2, 0.25) is 0 Å². The number of aromatic nitrogens is 2. The molecule has 2 aromatic heterocycles. The van der Waals surface area contributed by atoms with E-state index in [9.17, 15) is 24.2 Å². The minimum atomic E-state index is -1.12. The SMILES string of the molecule is CCc1c(-c2ccc(O)cc2F)noc1CCC(=O)Nc1cn(CC)cc1C(=O)O.[H-].[K+]. The van der Waals surface area contributed by atoms with Crippen LogP contribution in [-0.4, -0.2) is 31.8 Å². The van der Waals surface area contributed by atoms with Gasteiger partial charge in [-0.3, -0.25) is 4.79 Å². The summed E-state index contributed by atoms with van der Waals surface area (Å²) < 4.78 is 21.2. The average molecular weight is 456 g/mol. The van der Waals surface area contributed by atoms with Crippen LogP contribution in [0.15, 0.2) is 35.1 Å². The number of phenols is 1. The molecule has 160 valence electrons. The fraction of sp³-hybridized carbons (Fsp3) is 0.286. The van der Waals surface area contributed by atoms with E-state index in [1.165, 1.54) is 18.3 Å². The second-order valence-corrected chi connectivity index (χ2v) is 6.72. The summed E-state index contributed by atoms with van der Waals surface area (Å²) in [5.74, 6) is -1.85. The quantitative estimate of drug-likeness (QED) is 0.436. The Kier molecular flexibility index (Phi) is 9.01. The number of carbonyl (C=O) groups excluding carboxylic acids is 1. The molecule has 8 nitrogen and oxygen atoms in total. The Bertz CT molecular complexity index is 1100. The van der Waals surface area contributed by atoms with E-state index in [-0.39, 0.29) is 94.1 Å². The third-order valence-electron chi connectivity index (χ3n) is 4.76. The number of aromatic hydroxyl groups is 1. The van der Waals surface area contributed by atoms with Gasteiger partial charge < -0.3 is 26.0 Å². The molecule has 1 amide bonds. The molecule has 3 N–H and O–H groups in total. The third-order valence-corrected chi connectivity index (χ3v) is 4.76. The molecule has 3 aromatic rings. The second kappa shape index (κ2) is 11.1. The fourth-order valence-corrected chi connectivity index (χ4v) is 3.21. The molecule has 1 aromatic carbocycles. The summed E-state index contributed by atoms with van der Waals surface area (Å²) in [5.41, 5.74) is 1.46. The van der Waals surface area contributed by atoms with Crippen molar-refractivity contribution < 1.29 is 81.5 Å². The largest absolute Gasteiger partial charge is 1.00 e. The van der Waals surface area contributed by atoms with E-state index in [2.05, 4.69) is 10.5 Å². The van der Waals surface area contributed by atoms with E-state index >= 15 is 0 Å². The van der Waals surface area contributed by atoms with Crippen LogP contribution >= 0.6 is 0 Å². The molecular weight excluding hydrogens is 432 g/mol. The minimum absolute atomic E-state index is 0. The van der Waals surface area contributed by atoms with Gasteiger partial charge in [-0.25, -0.2) is 9.18 Å². The first-order valence-corrected chi connectivity index (χ1v) is 9.53. The summed E-state index contributed by atoms with van der Waals surface area (Å²) in [7, 11) is 0. The Morgan fingerprint density at radius 1 is 1.29 bits per heavy atom. The van der Waals surface area contributed by atoms with Crippen molar-refractivity contribution in [3.8, 4) is 17.0 Å². The molecule has 2 heterocycles. The number of carbonyl (C=O) groups is 2. The van der Waals surface area contributed by atoms with Gasteiger partial charge in [-0.2, -0.15) is 0 Å². The van der Waals surface area contributed by atoms with Crippen molar-refractivity contribution in [3.63, 3.8) is 0 Å². The first kappa shape index (κ1) is 25.3. The van der Waals surface area contributed by atoms with Crippen LogP contribution in [0.4, 0.5) is 10.1 Å². The van der Waals surface area contributed by atoms with Gasteiger partial charge in [-0.05, 0) is 25.5 Å². The summed E-state index contributed by atoms with van der Waals surface area (Å²) in [5, 5.41) is 25.2. The summed E-state index contributed by atoms with van der Waals surface area (Å²) in [4.78, 5) is 23.7. The van der Waals surface area contributed by atoms with E-state index in [1.807, 2.05) is 13.8 Å². The Labute approximate surface area is 222 Å². The molecule has 10 heteroatoms. The predicted molar refractivity (Wildman–Crippen MR) is 108 cm³/mol. The molecule has 0 bridgehead atoms. The molecule has 0 spiro atoms. The van der Waals surface area contributed by atoms with Gasteiger partial charge in [0, 0.05) is 49.0 Å². The molecule has 0 aliphatic carbocycles. The van der Waals surface area contributed by atoms with E-state index in [0.29, 0.717) is 30.0 Å². The number of benzene rings is 1. The summed E-state index contributed by atoms with van der Waals surface area (Å²) >= 11 is 0. The number of anilines is 1. The molecule has 0 aliphatic heterocycles. The Hall–Kier alpha value is -1.98. The minimum Gasteiger partial charge on any atom is -1.00 e. The molecule has 3 rings (SSSR count). The topological polar surface area (TPSA) is 118 Å². The Morgan fingerprint density at radius 3 is 2.65 bits per heavy atom. The number of aryl methyl sites for hydroxylation is 2. The number of amides is 1. The van der Waals surface area contributed by atoms with Gasteiger partial charge in [0.15, 0.2) is 0 Å². The maximum absolute atomic E-state index is 14.2. The van der Waals surface area contributed by atoms with Crippen molar-refractivity contribution in [1.82, 2.24) is 9.72 Å². The molecule has 0 aliphatic rings. The summed E-state index contributed by atoms with van der Waals surface area (Å²) in [6, 6.07) is 3.78. The number of aromatic carboxylic acids is 1. The van der Waals surface area contributed by atoms with Gasteiger partial charge in [0.2, 0.25) is 5.91 Å². The first-order chi connectivity index (χ1) is 14.3. The van der Waals surface area contributed by atoms with Crippen molar-refractivity contribution in [3.05, 3.63) is 53.3 Å². The van der Waals surface area contributed by atoms with E-state index in [4.69, 9.17) is 4.52 Å². The van der Waals surface area contributed by atoms with E-state index in [1.54, 1.807) is 10.8 Å². The first-order valence-electron chi connectivity index (χ1n) is 9.53. The van der Waals surface area contributed by atoms with Crippen molar-refractivity contribution >= 4 is 17.6 Å². The van der Waals surface area contributed by atoms with Crippen LogP contribution < -0.4 is 56.7 Å². The van der Waals surface area contributed by atoms with E-state index in [0.717, 1.165) is 6.07 Å². The molecule has 0 radical (unpaired) electrons. The number of carboxylic acids is 1. The maximum atomic E-state index is 14.2.